The van der Waals surface area contributed by atoms with Gasteiger partial charge in [0.05, 0.1) is 24.2 Å². The van der Waals surface area contributed by atoms with Crippen LogP contribution in [0.4, 0.5) is 0 Å². The van der Waals surface area contributed by atoms with Crippen LogP contribution in [0.1, 0.15) is 29.9 Å². The largest absolute Gasteiger partial charge is 0.351 e. The van der Waals surface area contributed by atoms with Gasteiger partial charge in [-0.1, -0.05) is 22.9 Å². The number of carbonyl (C=O) groups is 2. The van der Waals surface area contributed by atoms with Gasteiger partial charge in [0, 0.05) is 20.3 Å². The van der Waals surface area contributed by atoms with Crippen LogP contribution in [0.15, 0.2) is 35.4 Å². The third-order valence-electron chi connectivity index (χ3n) is 4.22. The second-order valence-electron chi connectivity index (χ2n) is 6.74. The number of ether oxygens (including phenoxy) is 2. The third-order valence-corrected chi connectivity index (χ3v) is 6.04. The molecule has 0 aliphatic heterocycles. The Morgan fingerprint density at radius 1 is 1.12 bits per heavy atom. The van der Waals surface area contributed by atoms with Crippen molar-refractivity contribution in [3.63, 3.8) is 0 Å². The lowest BCUT2D eigenvalue weighted by molar-refractivity contribution is -0.145. The summed E-state index contributed by atoms with van der Waals surface area (Å²) in [4.78, 5) is 24.4. The number of hydrogen-bond donors (Lipinski definition) is 2. The Balaban J connectivity index is 1.88. The van der Waals surface area contributed by atoms with Gasteiger partial charge in [-0.15, -0.1) is 5.10 Å². The normalized spacial score (nSPS) is 11.7. The molecule has 2 rings (SSSR count). The van der Waals surface area contributed by atoms with Crippen LogP contribution in [0, 0.1) is 6.92 Å². The number of carbonyl (C=O) groups excluding carboxylic acids is 2. The van der Waals surface area contributed by atoms with Gasteiger partial charge in [0.2, 0.25) is 10.0 Å². The molecule has 0 fully saturated rings. The van der Waals surface area contributed by atoms with Crippen LogP contribution in [0.3, 0.4) is 0 Å². The molecule has 176 valence electrons. The lowest BCUT2D eigenvalue weighted by Crippen LogP contribution is -2.46. The molecule has 2 amide bonds. The van der Waals surface area contributed by atoms with Gasteiger partial charge in [-0.2, -0.15) is 4.31 Å². The zero-order chi connectivity index (χ0) is 23.7. The minimum atomic E-state index is -3.85. The molecule has 0 radical (unpaired) electrons. The van der Waals surface area contributed by atoms with Gasteiger partial charge < -0.3 is 9.47 Å². The van der Waals surface area contributed by atoms with Crippen molar-refractivity contribution in [2.45, 2.75) is 38.5 Å². The molecule has 2 N–H and O–H groups in total. The zero-order valence-corrected chi connectivity index (χ0v) is 19.3. The molecular formula is C19H28N6O6S. The van der Waals surface area contributed by atoms with E-state index in [0.717, 1.165) is 9.87 Å². The highest BCUT2D eigenvalue weighted by molar-refractivity contribution is 7.89. The molecule has 0 saturated carbocycles. The van der Waals surface area contributed by atoms with Gasteiger partial charge in [0.1, 0.15) is 0 Å². The van der Waals surface area contributed by atoms with Crippen LogP contribution in [-0.4, -0.2) is 72.6 Å². The second kappa shape index (κ2) is 11.7. The van der Waals surface area contributed by atoms with Gasteiger partial charge in [0.25, 0.3) is 11.8 Å². The van der Waals surface area contributed by atoms with Crippen LogP contribution in [0.2, 0.25) is 0 Å². The SMILES string of the molecule is CCOC(Cn1cc(C(=O)NNC(=O)CN(C)S(=O)(=O)c2ccc(C)cc2)nn1)OCC. The smallest absolute Gasteiger partial charge is 0.291 e. The molecule has 12 nitrogen and oxygen atoms in total. The fourth-order valence-electron chi connectivity index (χ4n) is 2.58. The van der Waals surface area contributed by atoms with Gasteiger partial charge in [-0.05, 0) is 32.9 Å². The summed E-state index contributed by atoms with van der Waals surface area (Å²) in [5, 5.41) is 7.58. The lowest BCUT2D eigenvalue weighted by atomic mass is 10.2. The first-order valence-electron chi connectivity index (χ1n) is 9.92. The number of aromatic nitrogens is 3. The van der Waals surface area contributed by atoms with E-state index in [2.05, 4.69) is 21.2 Å². The van der Waals surface area contributed by atoms with Crippen molar-refractivity contribution in [1.29, 1.82) is 0 Å². The van der Waals surface area contributed by atoms with E-state index < -0.39 is 34.7 Å². The summed E-state index contributed by atoms with van der Waals surface area (Å²) >= 11 is 0. The fourth-order valence-corrected chi connectivity index (χ4v) is 3.70. The minimum absolute atomic E-state index is 0.0438. The number of benzene rings is 1. The molecule has 0 bridgehead atoms. The van der Waals surface area contributed by atoms with E-state index in [1.54, 1.807) is 12.1 Å². The summed E-state index contributed by atoms with van der Waals surface area (Å²) in [5.41, 5.74) is 5.21. The van der Waals surface area contributed by atoms with Crippen molar-refractivity contribution in [2.75, 3.05) is 26.8 Å². The molecule has 0 atom stereocenters. The molecule has 0 spiro atoms. The van der Waals surface area contributed by atoms with Crippen molar-refractivity contribution in [2.24, 2.45) is 0 Å². The average molecular weight is 469 g/mol. The van der Waals surface area contributed by atoms with Crippen molar-refractivity contribution in [3.8, 4) is 0 Å². The molecule has 0 saturated heterocycles. The van der Waals surface area contributed by atoms with Gasteiger partial charge in [-0.25, -0.2) is 13.1 Å². The van der Waals surface area contributed by atoms with E-state index in [4.69, 9.17) is 9.47 Å². The molecule has 32 heavy (non-hydrogen) atoms. The molecule has 1 aromatic heterocycles. The lowest BCUT2D eigenvalue weighted by Gasteiger charge is -2.17. The summed E-state index contributed by atoms with van der Waals surface area (Å²) in [5.74, 6) is -1.44. The first-order chi connectivity index (χ1) is 15.2. The van der Waals surface area contributed by atoms with Crippen LogP contribution in [0.25, 0.3) is 0 Å². The number of amides is 2. The number of nitrogens with zero attached hydrogens (tertiary/aromatic N) is 4. The summed E-state index contributed by atoms with van der Waals surface area (Å²) in [7, 11) is -2.58. The minimum Gasteiger partial charge on any atom is -0.351 e. The van der Waals surface area contributed by atoms with Crippen molar-refractivity contribution >= 4 is 21.8 Å². The van der Waals surface area contributed by atoms with Crippen LogP contribution in [-0.2, 0) is 30.8 Å². The highest BCUT2D eigenvalue weighted by Crippen LogP contribution is 2.14. The van der Waals surface area contributed by atoms with E-state index in [0.29, 0.717) is 13.2 Å². The molecule has 2 aromatic rings. The van der Waals surface area contributed by atoms with Gasteiger partial charge in [0.15, 0.2) is 12.0 Å². The molecule has 0 aliphatic rings. The van der Waals surface area contributed by atoms with Gasteiger partial charge >= 0.3 is 0 Å². The number of likely N-dealkylation sites (N-methyl/N-ethyl adjacent to an activating group) is 1. The standard InChI is InChI=1S/C19H28N6O6S/c1-5-30-18(31-6-2)13-25-11-16(20-23-25)19(27)22-21-17(26)12-24(4)32(28,29)15-9-7-14(3)8-10-15/h7-11,18H,5-6,12-13H2,1-4H3,(H,21,26)(H,22,27). The Labute approximate surface area is 186 Å². The third kappa shape index (κ3) is 7.09. The van der Waals surface area contributed by atoms with E-state index in [9.17, 15) is 18.0 Å². The van der Waals surface area contributed by atoms with Crippen molar-refractivity contribution < 1.29 is 27.5 Å². The number of sulfonamides is 1. The van der Waals surface area contributed by atoms with E-state index in [1.165, 1.54) is 30.1 Å². The number of nitrogens with one attached hydrogen (secondary N) is 2. The van der Waals surface area contributed by atoms with E-state index in [-0.39, 0.29) is 17.1 Å². The van der Waals surface area contributed by atoms with Crippen molar-refractivity contribution in [1.82, 2.24) is 30.2 Å². The monoisotopic (exact) mass is 468 g/mol. The summed E-state index contributed by atoms with van der Waals surface area (Å²) in [6, 6.07) is 6.26. The number of hydrogen-bond acceptors (Lipinski definition) is 8. The van der Waals surface area contributed by atoms with Crippen LogP contribution in [0.5, 0.6) is 0 Å². The van der Waals surface area contributed by atoms with Crippen LogP contribution < -0.4 is 10.9 Å². The highest BCUT2D eigenvalue weighted by Gasteiger charge is 2.23. The Morgan fingerprint density at radius 2 is 1.75 bits per heavy atom. The Bertz CT molecular complexity index is 1000. The number of rotatable bonds is 11. The summed E-state index contributed by atoms with van der Waals surface area (Å²) in [6.45, 7) is 6.14. The maximum atomic E-state index is 12.5. The summed E-state index contributed by atoms with van der Waals surface area (Å²) < 4.78 is 38.2. The predicted octanol–water partition coefficient (Wildman–Crippen LogP) is 0.0673. The highest BCUT2D eigenvalue weighted by atomic mass is 32.2. The maximum Gasteiger partial charge on any atom is 0.291 e. The molecule has 0 aliphatic carbocycles. The van der Waals surface area contributed by atoms with E-state index in [1.807, 2.05) is 20.8 Å². The van der Waals surface area contributed by atoms with E-state index >= 15 is 0 Å². The number of hydrazine groups is 1. The Morgan fingerprint density at radius 3 is 2.34 bits per heavy atom. The average Bonchev–Trinajstić information content (AvgIpc) is 3.21. The first-order valence-corrected chi connectivity index (χ1v) is 11.4. The fraction of sp³-hybridized carbons (Fsp3) is 0.474. The molecule has 0 unspecified atom stereocenters. The molecule has 1 aromatic carbocycles. The van der Waals surface area contributed by atoms with Gasteiger partial charge in [-0.3, -0.25) is 20.4 Å². The zero-order valence-electron chi connectivity index (χ0n) is 18.4. The predicted molar refractivity (Wildman–Crippen MR) is 114 cm³/mol. The summed E-state index contributed by atoms with van der Waals surface area (Å²) in [6.07, 6.45) is 0.842. The Kier molecular flexibility index (Phi) is 9.26. The Hall–Kier alpha value is -2.87. The second-order valence-corrected chi connectivity index (χ2v) is 8.79. The quantitative estimate of drug-likeness (QED) is 0.348. The van der Waals surface area contributed by atoms with Crippen molar-refractivity contribution in [3.05, 3.63) is 41.7 Å². The van der Waals surface area contributed by atoms with Crippen LogP contribution >= 0.6 is 0 Å². The molecule has 13 heteroatoms. The number of aryl methyl sites for hydroxylation is 1. The maximum absolute atomic E-state index is 12.5. The molecule has 1 heterocycles. The molecular weight excluding hydrogens is 440 g/mol. The topological polar surface area (TPSA) is 145 Å². The first kappa shape index (κ1) is 25.4.